The predicted octanol–water partition coefficient (Wildman–Crippen LogP) is 6.96. The fraction of sp³-hybridized carbons (Fsp3) is 0.500. The maximum Gasteiger partial charge on any atom is 0.514 e. The summed E-state index contributed by atoms with van der Waals surface area (Å²) >= 11 is 0. The van der Waals surface area contributed by atoms with Crippen molar-refractivity contribution < 1.29 is 28.5 Å². The molecule has 1 N–H and O–H groups in total. The van der Waals surface area contributed by atoms with Gasteiger partial charge in [0, 0.05) is 29.9 Å². The smallest absolute Gasteiger partial charge is 0.482 e. The lowest BCUT2D eigenvalue weighted by molar-refractivity contribution is -0.254. The summed E-state index contributed by atoms with van der Waals surface area (Å²) in [6.45, 7) is 10.9. The van der Waals surface area contributed by atoms with E-state index in [1.165, 1.54) is 0 Å². The van der Waals surface area contributed by atoms with Crippen molar-refractivity contribution in [3.05, 3.63) is 76.9 Å². The number of ether oxygens (including phenoxy) is 3. The lowest BCUT2D eigenvalue weighted by Gasteiger charge is -2.67. The van der Waals surface area contributed by atoms with Crippen LogP contribution in [0.15, 0.2) is 70.1 Å². The summed E-state index contributed by atoms with van der Waals surface area (Å²) in [6, 6.07) is 14.0. The summed E-state index contributed by atoms with van der Waals surface area (Å²) in [6.07, 6.45) is 3.79. The molecule has 222 valence electrons. The van der Waals surface area contributed by atoms with E-state index in [9.17, 15) is 14.7 Å². The minimum Gasteiger partial charge on any atom is -0.482 e. The van der Waals surface area contributed by atoms with E-state index in [1.807, 2.05) is 13.0 Å². The number of aliphatic hydroxyl groups is 1. The van der Waals surface area contributed by atoms with Gasteiger partial charge in [-0.2, -0.15) is 0 Å². The van der Waals surface area contributed by atoms with Crippen molar-refractivity contribution in [2.75, 3.05) is 0 Å². The zero-order chi connectivity index (χ0) is 29.9. The quantitative estimate of drug-likeness (QED) is 0.264. The first-order valence-corrected chi connectivity index (χ1v) is 14.9. The van der Waals surface area contributed by atoms with Gasteiger partial charge in [-0.05, 0) is 73.1 Å². The van der Waals surface area contributed by atoms with Gasteiger partial charge in [-0.15, -0.1) is 0 Å². The molecular formula is C34H39NO7. The van der Waals surface area contributed by atoms with Gasteiger partial charge in [-0.25, -0.2) is 9.59 Å². The number of hydrogen-bond acceptors (Lipinski definition) is 8. The largest absolute Gasteiger partial charge is 0.514 e. The average molecular weight is 574 g/mol. The van der Waals surface area contributed by atoms with Crippen molar-refractivity contribution in [2.45, 2.75) is 78.1 Å². The topological polar surface area (TPSA) is 108 Å². The third kappa shape index (κ3) is 4.34. The fourth-order valence-corrected chi connectivity index (χ4v) is 8.52. The van der Waals surface area contributed by atoms with E-state index in [0.717, 1.165) is 19.3 Å². The second-order valence-electron chi connectivity index (χ2n) is 13.0. The van der Waals surface area contributed by atoms with Gasteiger partial charge in [0.25, 0.3) is 0 Å². The maximum absolute atomic E-state index is 13.5. The van der Waals surface area contributed by atoms with E-state index < -0.39 is 40.9 Å². The van der Waals surface area contributed by atoms with Gasteiger partial charge >= 0.3 is 11.8 Å². The van der Waals surface area contributed by atoms with E-state index >= 15 is 0 Å². The van der Waals surface area contributed by atoms with Crippen LogP contribution in [0.1, 0.15) is 72.0 Å². The molecule has 8 heteroatoms. The van der Waals surface area contributed by atoms with Crippen LogP contribution in [-0.2, 0) is 4.74 Å². The molecule has 0 radical (unpaired) electrons. The average Bonchev–Trinajstić information content (AvgIpc) is 2.97. The molecule has 3 aliphatic rings. The van der Waals surface area contributed by atoms with Gasteiger partial charge < -0.3 is 23.7 Å². The zero-order valence-electron chi connectivity index (χ0n) is 24.8. The highest BCUT2D eigenvalue weighted by Crippen LogP contribution is 2.68. The molecule has 2 fully saturated rings. The van der Waals surface area contributed by atoms with Crippen LogP contribution in [0.25, 0.3) is 11.3 Å². The van der Waals surface area contributed by atoms with E-state index in [1.54, 1.807) is 54.9 Å². The third-order valence-corrected chi connectivity index (χ3v) is 11.0. The lowest BCUT2D eigenvalue weighted by atomic mass is 9.41. The molecule has 0 spiro atoms. The number of aromatic nitrogens is 1. The number of nitrogens with zero attached hydrogens (tertiary/aromatic N) is 1. The van der Waals surface area contributed by atoms with E-state index in [4.69, 9.17) is 18.6 Å². The molecule has 3 heterocycles. The molecule has 3 aromatic rings. The van der Waals surface area contributed by atoms with Crippen LogP contribution in [-0.4, -0.2) is 28.0 Å². The van der Waals surface area contributed by atoms with E-state index in [2.05, 4.69) is 32.7 Å². The first-order chi connectivity index (χ1) is 20.0. The first-order valence-electron chi connectivity index (χ1n) is 14.9. The van der Waals surface area contributed by atoms with E-state index in [-0.39, 0.29) is 28.4 Å². The summed E-state index contributed by atoms with van der Waals surface area (Å²) in [5.74, 6) is 0.869. The highest BCUT2D eigenvalue weighted by Gasteiger charge is 2.69. The Kier molecular flexibility index (Phi) is 6.96. The van der Waals surface area contributed by atoms with E-state index in [0.29, 0.717) is 23.7 Å². The molecule has 0 amide bonds. The van der Waals surface area contributed by atoms with Gasteiger partial charge in [0.15, 0.2) is 0 Å². The number of hydrogen-bond donors (Lipinski definition) is 1. The minimum absolute atomic E-state index is 0.0753. The minimum atomic E-state index is -1.18. The highest BCUT2D eigenvalue weighted by atomic mass is 16.7. The van der Waals surface area contributed by atoms with Gasteiger partial charge in [0.05, 0.1) is 6.10 Å². The number of para-hydroxylation sites is 1. The van der Waals surface area contributed by atoms with Crippen LogP contribution >= 0.6 is 0 Å². The normalized spacial score (nSPS) is 35.1. The van der Waals surface area contributed by atoms with Gasteiger partial charge in [0.2, 0.25) is 0 Å². The highest BCUT2D eigenvalue weighted by molar-refractivity contribution is 5.64. The number of pyridine rings is 1. The van der Waals surface area contributed by atoms with Crippen LogP contribution in [0.5, 0.6) is 11.5 Å². The molecule has 1 aliphatic heterocycles. The first kappa shape index (κ1) is 28.5. The fourth-order valence-electron chi connectivity index (χ4n) is 8.52. The van der Waals surface area contributed by atoms with Crippen LogP contribution in [0.2, 0.25) is 0 Å². The van der Waals surface area contributed by atoms with Crippen molar-refractivity contribution in [3.63, 3.8) is 0 Å². The summed E-state index contributed by atoms with van der Waals surface area (Å²) in [5.41, 5.74) is -1.56. The lowest BCUT2D eigenvalue weighted by Crippen LogP contribution is -2.70. The summed E-state index contributed by atoms with van der Waals surface area (Å²) in [5, 5.41) is 12.1. The van der Waals surface area contributed by atoms with Crippen molar-refractivity contribution in [2.24, 2.45) is 28.6 Å². The van der Waals surface area contributed by atoms with Crippen LogP contribution < -0.4 is 15.1 Å². The Morgan fingerprint density at radius 3 is 2.60 bits per heavy atom. The summed E-state index contributed by atoms with van der Waals surface area (Å²) in [7, 11) is 0. The van der Waals surface area contributed by atoms with Crippen LogP contribution in [0, 0.1) is 28.6 Å². The number of fused-ring (bicyclic) bond motifs is 4. The van der Waals surface area contributed by atoms with Crippen LogP contribution in [0.4, 0.5) is 4.79 Å². The van der Waals surface area contributed by atoms with Gasteiger partial charge in [0.1, 0.15) is 34.5 Å². The molecule has 0 bridgehead atoms. The molecular weight excluding hydrogens is 534 g/mol. The second-order valence-corrected chi connectivity index (χ2v) is 13.0. The number of carbonyl (C=O) groups is 1. The molecule has 2 aliphatic carbocycles. The third-order valence-electron chi connectivity index (χ3n) is 11.0. The van der Waals surface area contributed by atoms with Crippen molar-refractivity contribution in [3.8, 4) is 22.8 Å². The molecule has 8 nitrogen and oxygen atoms in total. The standard InChI is InChI=1S/C34H39NO7/c1-6-32(3)20(2)14-15-33(4)25(32)18-26(41-31(38)39-22-12-8-7-9-13-22)34(5)29(33)28(36)27-24(42-34)17-23(40-30(27)37)21-11-10-16-35-19-21/h7-13,16-17,19-20,25-26,28-29,36H,6,14-15,18H2,1-5H3/t20-,25?,26-,28-,29?,32+,33-,34+/m0/s1. The molecule has 6 rings (SSSR count). The number of rotatable bonds is 4. The zero-order valence-corrected chi connectivity index (χ0v) is 24.8. The Balaban J connectivity index is 1.46. The Hall–Kier alpha value is -3.65. The van der Waals surface area contributed by atoms with Crippen molar-refractivity contribution in [1.29, 1.82) is 0 Å². The number of benzene rings is 1. The monoisotopic (exact) mass is 573 g/mol. The molecule has 42 heavy (non-hydrogen) atoms. The number of carbonyl (C=O) groups excluding carboxylic acids is 1. The molecule has 0 saturated heterocycles. The molecule has 8 atom stereocenters. The molecule has 1 aromatic carbocycles. The molecule has 2 saturated carbocycles. The number of aliphatic hydroxyl groups excluding tert-OH is 1. The van der Waals surface area contributed by atoms with Crippen LogP contribution in [0.3, 0.4) is 0 Å². The summed E-state index contributed by atoms with van der Waals surface area (Å²) in [4.78, 5) is 30.8. The van der Waals surface area contributed by atoms with Gasteiger partial charge in [-0.1, -0.05) is 52.3 Å². The Morgan fingerprint density at radius 2 is 1.90 bits per heavy atom. The van der Waals surface area contributed by atoms with Crippen molar-refractivity contribution >= 4 is 6.16 Å². The summed E-state index contributed by atoms with van der Waals surface area (Å²) < 4.78 is 24.2. The molecule has 2 unspecified atom stereocenters. The van der Waals surface area contributed by atoms with Crippen molar-refractivity contribution in [1.82, 2.24) is 4.98 Å². The Labute approximate surface area is 246 Å². The second kappa shape index (κ2) is 10.3. The molecule has 2 aromatic heterocycles. The Morgan fingerprint density at radius 1 is 1.14 bits per heavy atom. The van der Waals surface area contributed by atoms with Gasteiger partial charge in [-0.3, -0.25) is 4.98 Å². The maximum atomic E-state index is 13.5. The predicted molar refractivity (Wildman–Crippen MR) is 156 cm³/mol. The SMILES string of the molecule is CC[C@@]1(C)C2C[C@H](OC(=O)Oc3ccccc3)[C@@]3(C)Oc4cc(-c5cccnc5)oc(=O)c4[C@H](O)C3[C@@]2(C)CC[C@@H]1C. The Bertz CT molecular complexity index is 1520.